The standard InChI is InChI=1S/C7H12F3O3PSSi/c8-7(9,10)15(11,12)13-16-4-1-14(2-5-16)3-6-16/h1-6H2/p+1. The first-order chi connectivity index (χ1) is 7.24. The molecule has 0 aromatic rings. The Morgan fingerprint density at radius 1 is 1.06 bits per heavy atom. The molecule has 0 aromatic heterocycles. The van der Waals surface area contributed by atoms with Crippen LogP contribution >= 0.6 is 7.92 Å². The molecule has 9 heteroatoms. The first-order valence-corrected chi connectivity index (χ1v) is 11.2. The van der Waals surface area contributed by atoms with Crippen LogP contribution in [0.2, 0.25) is 18.1 Å². The van der Waals surface area contributed by atoms with Gasteiger partial charge < -0.3 is 3.87 Å². The monoisotopic (exact) mass is 293 g/mol. The lowest BCUT2D eigenvalue weighted by molar-refractivity contribution is -0.0504. The summed E-state index contributed by atoms with van der Waals surface area (Å²) in [6, 6.07) is 1.82. The number of hydrogen-bond acceptors (Lipinski definition) is 3. The van der Waals surface area contributed by atoms with Gasteiger partial charge in [0.05, 0.1) is 18.5 Å². The topological polar surface area (TPSA) is 43.4 Å². The Labute approximate surface area is 94.4 Å². The van der Waals surface area contributed by atoms with Crippen molar-refractivity contribution in [1.82, 2.24) is 0 Å². The third-order valence-corrected chi connectivity index (χ3v) is 14.1. The van der Waals surface area contributed by atoms with Gasteiger partial charge in [0.15, 0.2) is 0 Å². The van der Waals surface area contributed by atoms with Crippen molar-refractivity contribution in [2.45, 2.75) is 23.6 Å². The van der Waals surface area contributed by atoms with E-state index in [0.29, 0.717) is 18.1 Å². The van der Waals surface area contributed by atoms with E-state index in [1.807, 2.05) is 0 Å². The Bertz CT molecular complexity index is 361. The van der Waals surface area contributed by atoms with Gasteiger partial charge in [-0.15, -0.1) is 0 Å². The van der Waals surface area contributed by atoms with Gasteiger partial charge in [0.2, 0.25) is 8.32 Å². The van der Waals surface area contributed by atoms with Gasteiger partial charge in [0, 0.05) is 26.1 Å². The van der Waals surface area contributed by atoms with Gasteiger partial charge in [0.25, 0.3) is 0 Å². The summed E-state index contributed by atoms with van der Waals surface area (Å²) in [6.45, 7) is 0. The van der Waals surface area contributed by atoms with Gasteiger partial charge in [-0.1, -0.05) is 0 Å². The summed E-state index contributed by atoms with van der Waals surface area (Å²) < 4.78 is 63.3. The van der Waals surface area contributed by atoms with Crippen LogP contribution in [0.4, 0.5) is 13.2 Å². The third-order valence-electron chi connectivity index (χ3n) is 3.37. The predicted octanol–water partition coefficient (Wildman–Crippen LogP) is 2.04. The van der Waals surface area contributed by atoms with E-state index in [4.69, 9.17) is 0 Å². The molecule has 3 saturated heterocycles. The van der Waals surface area contributed by atoms with E-state index in [0.717, 1.165) is 18.5 Å². The SMILES string of the molecule is O=S(=O)(O[Si]12CC[PH+](CC1)CC2)C(F)(F)F. The number of rotatable bonds is 2. The van der Waals surface area contributed by atoms with Crippen molar-refractivity contribution in [2.75, 3.05) is 18.5 Å². The Balaban J connectivity index is 2.15. The molecule has 0 spiro atoms. The Morgan fingerprint density at radius 3 is 1.88 bits per heavy atom. The Hall–Kier alpha value is 0.347. The molecule has 3 fully saturated rings. The molecule has 0 saturated carbocycles. The second kappa shape index (κ2) is 3.93. The summed E-state index contributed by atoms with van der Waals surface area (Å²) in [5.41, 5.74) is -5.27. The van der Waals surface area contributed by atoms with E-state index in [2.05, 4.69) is 3.87 Å². The summed E-state index contributed by atoms with van der Waals surface area (Å²) in [6.07, 6.45) is 2.80. The van der Waals surface area contributed by atoms with Gasteiger partial charge in [-0.25, -0.2) is 0 Å². The molecule has 0 unspecified atom stereocenters. The maximum atomic E-state index is 12.2. The Morgan fingerprint density at radius 2 is 1.50 bits per heavy atom. The third kappa shape index (κ3) is 2.30. The lowest BCUT2D eigenvalue weighted by Crippen LogP contribution is -2.50. The molecule has 3 rings (SSSR count). The van der Waals surface area contributed by atoms with Crippen LogP contribution in [0, 0.1) is 0 Å². The highest BCUT2D eigenvalue weighted by Gasteiger charge is 2.56. The van der Waals surface area contributed by atoms with Crippen molar-refractivity contribution in [3.63, 3.8) is 0 Å². The summed E-state index contributed by atoms with van der Waals surface area (Å²) >= 11 is 0. The fourth-order valence-corrected chi connectivity index (χ4v) is 16.8. The molecule has 2 bridgehead atoms. The van der Waals surface area contributed by atoms with Crippen LogP contribution < -0.4 is 0 Å². The highest BCUT2D eigenvalue weighted by molar-refractivity contribution is 7.88. The van der Waals surface area contributed by atoms with Crippen LogP contribution in [0.3, 0.4) is 0 Å². The average molecular weight is 293 g/mol. The quantitative estimate of drug-likeness (QED) is 0.444. The fourth-order valence-electron chi connectivity index (χ4n) is 2.37. The van der Waals surface area contributed by atoms with Gasteiger partial charge in [-0.05, 0) is 0 Å². The van der Waals surface area contributed by atoms with Crippen molar-refractivity contribution < 1.29 is 25.5 Å². The van der Waals surface area contributed by atoms with E-state index in [9.17, 15) is 21.6 Å². The van der Waals surface area contributed by atoms with Crippen LogP contribution in [-0.4, -0.2) is 40.7 Å². The molecule has 16 heavy (non-hydrogen) atoms. The average Bonchev–Trinajstić information content (AvgIpc) is 2.17. The van der Waals surface area contributed by atoms with Crippen molar-refractivity contribution in [3.8, 4) is 0 Å². The minimum absolute atomic E-state index is 0.370. The smallest absolute Gasteiger partial charge is 0.307 e. The molecule has 3 nitrogen and oxygen atoms in total. The van der Waals surface area contributed by atoms with Crippen molar-refractivity contribution >= 4 is 26.4 Å². The van der Waals surface area contributed by atoms with Crippen LogP contribution in [0.15, 0.2) is 0 Å². The van der Waals surface area contributed by atoms with Crippen LogP contribution in [0.25, 0.3) is 0 Å². The molecular weight excluding hydrogens is 280 g/mol. The molecule has 0 aromatic carbocycles. The summed E-state index contributed by atoms with van der Waals surface area (Å²) in [5, 5.41) is 0. The first-order valence-electron chi connectivity index (χ1n) is 5.10. The number of alkyl halides is 3. The van der Waals surface area contributed by atoms with Gasteiger partial charge in [0.1, 0.15) is 0 Å². The fraction of sp³-hybridized carbons (Fsp3) is 1.00. The lowest BCUT2D eigenvalue weighted by Gasteiger charge is -2.39. The second-order valence-electron chi connectivity index (χ2n) is 4.42. The molecule has 3 aliphatic heterocycles. The Kier molecular flexibility index (Phi) is 3.14. The zero-order valence-electron chi connectivity index (χ0n) is 8.51. The van der Waals surface area contributed by atoms with Crippen LogP contribution in [-0.2, 0) is 14.0 Å². The van der Waals surface area contributed by atoms with Gasteiger partial charge in [-0.3, -0.25) is 0 Å². The van der Waals surface area contributed by atoms with E-state index in [1.165, 1.54) is 0 Å². The molecule has 0 amide bonds. The van der Waals surface area contributed by atoms with E-state index < -0.39 is 23.9 Å². The minimum Gasteiger partial charge on any atom is -0.307 e. The summed E-state index contributed by atoms with van der Waals surface area (Å²) in [4.78, 5) is 0. The minimum atomic E-state index is -5.37. The second-order valence-corrected chi connectivity index (χ2v) is 13.3. The van der Waals surface area contributed by atoms with Crippen LogP contribution in [0.5, 0.6) is 0 Å². The molecule has 3 heterocycles. The zero-order valence-corrected chi connectivity index (χ0v) is 11.3. The molecule has 3 aliphatic rings. The molecule has 0 N–H and O–H groups in total. The van der Waals surface area contributed by atoms with E-state index in [1.54, 1.807) is 0 Å². The van der Waals surface area contributed by atoms with Crippen molar-refractivity contribution in [1.29, 1.82) is 0 Å². The zero-order chi connectivity index (χ0) is 12.0. The number of hydrogen-bond donors (Lipinski definition) is 0. The van der Waals surface area contributed by atoms with Crippen molar-refractivity contribution in [3.05, 3.63) is 0 Å². The summed E-state index contributed by atoms with van der Waals surface area (Å²) in [7, 11) is -8.36. The van der Waals surface area contributed by atoms with Crippen LogP contribution in [0.1, 0.15) is 0 Å². The van der Waals surface area contributed by atoms with Crippen molar-refractivity contribution in [2.24, 2.45) is 0 Å². The largest absolute Gasteiger partial charge is 0.522 e. The van der Waals surface area contributed by atoms with E-state index >= 15 is 0 Å². The molecular formula is C7H13F3O3PSSi+. The van der Waals surface area contributed by atoms with Gasteiger partial charge in [-0.2, -0.15) is 21.6 Å². The highest BCUT2D eigenvalue weighted by atomic mass is 32.2. The maximum absolute atomic E-state index is 12.2. The lowest BCUT2D eigenvalue weighted by atomic mass is 10.8. The summed E-state index contributed by atoms with van der Waals surface area (Å²) in [5.74, 6) is 0. The highest BCUT2D eigenvalue weighted by Crippen LogP contribution is 2.54. The first kappa shape index (κ1) is 12.8. The van der Waals surface area contributed by atoms with Gasteiger partial charge >= 0.3 is 15.6 Å². The number of fused-ring (bicyclic) bond motifs is 3. The maximum Gasteiger partial charge on any atom is 0.522 e. The molecule has 0 aliphatic carbocycles. The molecule has 0 atom stereocenters. The molecule has 94 valence electrons. The predicted molar refractivity (Wildman–Crippen MR) is 59.2 cm³/mol. The normalized spacial score (nSPS) is 35.3. The molecule has 0 radical (unpaired) electrons. The van der Waals surface area contributed by atoms with E-state index in [-0.39, 0.29) is 7.92 Å². The number of halogens is 3.